The summed E-state index contributed by atoms with van der Waals surface area (Å²) in [6, 6.07) is 7.48. The lowest BCUT2D eigenvalue weighted by atomic mass is 10.2. The Morgan fingerprint density at radius 3 is 2.52 bits per heavy atom. The van der Waals surface area contributed by atoms with Crippen molar-refractivity contribution >= 4 is 5.78 Å². The van der Waals surface area contributed by atoms with Crippen LogP contribution in [0, 0.1) is 0 Å². The van der Waals surface area contributed by atoms with Crippen LogP contribution < -0.4 is 9.47 Å². The van der Waals surface area contributed by atoms with E-state index < -0.39 is 6.29 Å². The van der Waals surface area contributed by atoms with E-state index in [1.165, 1.54) is 0 Å². The van der Waals surface area contributed by atoms with Crippen LogP contribution in [-0.2, 0) is 9.53 Å². The van der Waals surface area contributed by atoms with Gasteiger partial charge in [-0.05, 0) is 24.3 Å². The van der Waals surface area contributed by atoms with E-state index in [1.54, 1.807) is 12.2 Å². The van der Waals surface area contributed by atoms with Crippen molar-refractivity contribution in [3.63, 3.8) is 0 Å². The van der Waals surface area contributed by atoms with Crippen LogP contribution in [-0.4, -0.2) is 49.8 Å². The third kappa shape index (κ3) is 3.83. The van der Waals surface area contributed by atoms with Crippen LogP contribution in [0.15, 0.2) is 36.4 Å². The summed E-state index contributed by atoms with van der Waals surface area (Å²) in [6.45, 7) is 4.10. The fourth-order valence-corrected chi connectivity index (χ4v) is 2.36. The molecule has 0 N–H and O–H groups in total. The van der Waals surface area contributed by atoms with E-state index in [0.717, 1.165) is 32.8 Å². The standard InChI is InChI=1S/C16H19NO4/c18-13(7-8-17-9-11-19-12-10-17)5-6-16-20-14-3-1-2-4-15(14)21-16/h1-6,16H,7-12H2. The maximum absolute atomic E-state index is 11.9. The summed E-state index contributed by atoms with van der Waals surface area (Å²) in [5.41, 5.74) is 0. The average molecular weight is 289 g/mol. The van der Waals surface area contributed by atoms with E-state index in [4.69, 9.17) is 14.2 Å². The Bertz CT molecular complexity index is 498. The van der Waals surface area contributed by atoms with Crippen LogP contribution in [0.5, 0.6) is 11.5 Å². The van der Waals surface area contributed by atoms with Crippen LogP contribution in [0.2, 0.25) is 0 Å². The zero-order chi connectivity index (χ0) is 14.5. The van der Waals surface area contributed by atoms with Gasteiger partial charge in [-0.2, -0.15) is 0 Å². The molecule has 2 heterocycles. The molecule has 1 aromatic rings. The number of hydrogen-bond acceptors (Lipinski definition) is 5. The Kier molecular flexibility index (Phi) is 4.52. The molecule has 1 aromatic carbocycles. The molecule has 0 aliphatic carbocycles. The largest absolute Gasteiger partial charge is 0.447 e. The predicted molar refractivity (Wildman–Crippen MR) is 77.5 cm³/mol. The Balaban J connectivity index is 1.43. The van der Waals surface area contributed by atoms with Gasteiger partial charge < -0.3 is 14.2 Å². The smallest absolute Gasteiger partial charge is 0.261 e. The quantitative estimate of drug-likeness (QED) is 0.771. The topological polar surface area (TPSA) is 48.0 Å². The van der Waals surface area contributed by atoms with Crippen molar-refractivity contribution in [2.45, 2.75) is 12.7 Å². The minimum atomic E-state index is -0.505. The number of hydrogen-bond donors (Lipinski definition) is 0. The first kappa shape index (κ1) is 14.1. The van der Waals surface area contributed by atoms with Crippen molar-refractivity contribution in [2.24, 2.45) is 0 Å². The lowest BCUT2D eigenvalue weighted by Gasteiger charge is -2.25. The first-order chi connectivity index (χ1) is 10.3. The third-order valence-corrected chi connectivity index (χ3v) is 3.55. The van der Waals surface area contributed by atoms with Crippen molar-refractivity contribution in [3.8, 4) is 11.5 Å². The van der Waals surface area contributed by atoms with Gasteiger partial charge in [0.05, 0.1) is 13.2 Å². The van der Waals surface area contributed by atoms with Crippen molar-refractivity contribution in [2.75, 3.05) is 32.8 Å². The molecule has 0 atom stereocenters. The van der Waals surface area contributed by atoms with Gasteiger partial charge in [-0.3, -0.25) is 9.69 Å². The molecule has 0 aromatic heterocycles. The molecule has 0 spiro atoms. The van der Waals surface area contributed by atoms with E-state index in [9.17, 15) is 4.79 Å². The van der Waals surface area contributed by atoms with Crippen LogP contribution in [0.25, 0.3) is 0 Å². The summed E-state index contributed by atoms with van der Waals surface area (Å²) < 4.78 is 16.4. The van der Waals surface area contributed by atoms with Crippen LogP contribution in [0.1, 0.15) is 6.42 Å². The fraction of sp³-hybridized carbons (Fsp3) is 0.438. The highest BCUT2D eigenvalue weighted by Crippen LogP contribution is 2.34. The lowest BCUT2D eigenvalue weighted by Crippen LogP contribution is -2.37. The number of rotatable bonds is 5. The van der Waals surface area contributed by atoms with E-state index in [2.05, 4.69) is 4.90 Å². The molecule has 0 bridgehead atoms. The summed E-state index contributed by atoms with van der Waals surface area (Å²) in [5.74, 6) is 1.52. The highest BCUT2D eigenvalue weighted by molar-refractivity contribution is 5.89. The number of nitrogens with zero attached hydrogens (tertiary/aromatic N) is 1. The highest BCUT2D eigenvalue weighted by atomic mass is 16.7. The molecule has 112 valence electrons. The number of carbonyl (C=O) groups is 1. The van der Waals surface area contributed by atoms with Gasteiger partial charge in [0.25, 0.3) is 6.29 Å². The van der Waals surface area contributed by atoms with Gasteiger partial charge in [-0.1, -0.05) is 12.1 Å². The number of allylic oxidation sites excluding steroid dienone is 1. The van der Waals surface area contributed by atoms with Gasteiger partial charge in [0.1, 0.15) is 0 Å². The summed E-state index contributed by atoms with van der Waals surface area (Å²) in [6.07, 6.45) is 3.23. The summed E-state index contributed by atoms with van der Waals surface area (Å²) in [4.78, 5) is 14.1. The normalized spacial score (nSPS) is 19.2. The summed E-state index contributed by atoms with van der Waals surface area (Å²) in [7, 11) is 0. The summed E-state index contributed by atoms with van der Waals surface area (Å²) in [5, 5.41) is 0. The molecule has 0 unspecified atom stereocenters. The number of ether oxygens (including phenoxy) is 3. The second kappa shape index (κ2) is 6.74. The maximum atomic E-state index is 11.9. The number of para-hydroxylation sites is 2. The number of fused-ring (bicyclic) bond motifs is 1. The van der Waals surface area contributed by atoms with E-state index in [-0.39, 0.29) is 5.78 Å². The number of carbonyl (C=O) groups excluding carboxylic acids is 1. The van der Waals surface area contributed by atoms with Crippen LogP contribution in [0.3, 0.4) is 0 Å². The van der Waals surface area contributed by atoms with E-state index in [0.29, 0.717) is 17.9 Å². The number of ketones is 1. The fourth-order valence-electron chi connectivity index (χ4n) is 2.36. The molecule has 1 fully saturated rings. The number of benzene rings is 1. The first-order valence-electron chi connectivity index (χ1n) is 7.25. The zero-order valence-electron chi connectivity index (χ0n) is 11.9. The van der Waals surface area contributed by atoms with Crippen molar-refractivity contribution in [1.29, 1.82) is 0 Å². The minimum Gasteiger partial charge on any atom is -0.447 e. The molecule has 1 saturated heterocycles. The van der Waals surface area contributed by atoms with Gasteiger partial charge in [-0.25, -0.2) is 0 Å². The predicted octanol–water partition coefficient (Wildman–Crippen LogP) is 1.63. The molecule has 2 aliphatic heterocycles. The summed E-state index contributed by atoms with van der Waals surface area (Å²) >= 11 is 0. The van der Waals surface area contributed by atoms with Crippen LogP contribution in [0.4, 0.5) is 0 Å². The minimum absolute atomic E-state index is 0.0876. The Morgan fingerprint density at radius 2 is 1.86 bits per heavy atom. The van der Waals surface area contributed by atoms with Gasteiger partial charge in [0.2, 0.25) is 0 Å². The van der Waals surface area contributed by atoms with Crippen molar-refractivity contribution in [1.82, 2.24) is 4.90 Å². The van der Waals surface area contributed by atoms with E-state index >= 15 is 0 Å². The second-order valence-electron chi connectivity index (χ2n) is 5.08. The van der Waals surface area contributed by atoms with E-state index in [1.807, 2.05) is 24.3 Å². The highest BCUT2D eigenvalue weighted by Gasteiger charge is 2.21. The van der Waals surface area contributed by atoms with Crippen molar-refractivity contribution in [3.05, 3.63) is 36.4 Å². The maximum Gasteiger partial charge on any atom is 0.261 e. The van der Waals surface area contributed by atoms with Crippen LogP contribution >= 0.6 is 0 Å². The van der Waals surface area contributed by atoms with Gasteiger partial charge >= 0.3 is 0 Å². The molecule has 3 rings (SSSR count). The zero-order valence-corrected chi connectivity index (χ0v) is 11.9. The number of morpholine rings is 1. The molecule has 5 nitrogen and oxygen atoms in total. The van der Waals surface area contributed by atoms with Gasteiger partial charge in [0, 0.05) is 26.1 Å². The molecular formula is C16H19NO4. The molecule has 21 heavy (non-hydrogen) atoms. The molecule has 0 radical (unpaired) electrons. The monoisotopic (exact) mass is 289 g/mol. The molecule has 5 heteroatoms. The van der Waals surface area contributed by atoms with Gasteiger partial charge in [-0.15, -0.1) is 0 Å². The Morgan fingerprint density at radius 1 is 1.19 bits per heavy atom. The molecule has 0 saturated carbocycles. The lowest BCUT2D eigenvalue weighted by molar-refractivity contribution is -0.115. The Labute approximate surface area is 124 Å². The molecule has 2 aliphatic rings. The molecule has 0 amide bonds. The SMILES string of the molecule is O=C(C=CC1Oc2ccccc2O1)CCN1CCOCC1. The average Bonchev–Trinajstić information content (AvgIpc) is 2.95. The van der Waals surface area contributed by atoms with Crippen molar-refractivity contribution < 1.29 is 19.0 Å². The Hall–Kier alpha value is -1.85. The first-order valence-corrected chi connectivity index (χ1v) is 7.25. The second-order valence-corrected chi connectivity index (χ2v) is 5.08. The van der Waals surface area contributed by atoms with Gasteiger partial charge in [0.15, 0.2) is 17.3 Å². The third-order valence-electron chi connectivity index (χ3n) is 3.55. The molecular weight excluding hydrogens is 270 g/mol.